The summed E-state index contributed by atoms with van der Waals surface area (Å²) in [6.07, 6.45) is 18.7. The quantitative estimate of drug-likeness (QED) is 0.119. The van der Waals surface area contributed by atoms with E-state index in [4.69, 9.17) is 13.8 Å². The Labute approximate surface area is 760 Å². The summed E-state index contributed by atoms with van der Waals surface area (Å²) in [5.74, 6) is 8.48. The first-order chi connectivity index (χ1) is 58.5. The number of rotatable bonds is 11. The highest BCUT2D eigenvalue weighted by molar-refractivity contribution is 5.80. The molecule has 0 atom stereocenters. The van der Waals surface area contributed by atoms with Crippen molar-refractivity contribution in [2.75, 3.05) is 0 Å². The lowest BCUT2D eigenvalue weighted by atomic mass is 9.87. The minimum absolute atomic E-state index is 0. The highest BCUT2D eigenvalue weighted by atomic mass is 16.4. The van der Waals surface area contributed by atoms with Crippen LogP contribution in [0.1, 0.15) is 408 Å². The van der Waals surface area contributed by atoms with Crippen molar-refractivity contribution < 1.29 is 8.83 Å². The average molecular weight is 1720 g/mol. The lowest BCUT2D eigenvalue weighted by Gasteiger charge is -2.18. The number of imidazole rings is 4. The largest absolute Gasteiger partial charge is 0.440 e. The van der Waals surface area contributed by atoms with Crippen LogP contribution < -0.4 is 0 Å². The monoisotopic (exact) mass is 1720 g/mol. The predicted molar refractivity (Wildman–Crippen MR) is 535 cm³/mol. The minimum Gasteiger partial charge on any atom is -0.440 e. The Morgan fingerprint density at radius 2 is 0.787 bits per heavy atom. The Morgan fingerprint density at radius 3 is 1.34 bits per heavy atom. The Balaban J connectivity index is 0.000000179. The summed E-state index contributed by atoms with van der Waals surface area (Å²) in [4.78, 5) is 40.7. The van der Waals surface area contributed by atoms with Crippen LogP contribution in [-0.2, 0) is 34.1 Å². The van der Waals surface area contributed by atoms with Crippen molar-refractivity contribution in [3.63, 3.8) is 0 Å². The molecule has 16 aromatic rings. The molecule has 0 saturated carbocycles. The number of fused-ring (bicyclic) bond motifs is 8. The van der Waals surface area contributed by atoms with Gasteiger partial charge in [-0.25, -0.2) is 44.9 Å². The van der Waals surface area contributed by atoms with Crippen LogP contribution in [0, 0.1) is 0 Å². The second-order valence-corrected chi connectivity index (χ2v) is 42.5. The number of hydrogen-bond acceptors (Lipinski definition) is 13. The molecule has 0 amide bonds. The van der Waals surface area contributed by atoms with Crippen molar-refractivity contribution in [1.29, 1.82) is 0 Å². The molecule has 0 aliphatic carbocycles. The lowest BCUT2D eigenvalue weighted by Crippen LogP contribution is -2.14. The number of aromatic nitrogens is 17. The Hall–Kier alpha value is -10.7. The fourth-order valence-corrected chi connectivity index (χ4v) is 13.5. The zero-order valence-corrected chi connectivity index (χ0v) is 83.8. The Bertz CT molecular complexity index is 5570. The van der Waals surface area contributed by atoms with Crippen LogP contribution in [-0.4, -0.2) is 82.2 Å². The molecule has 4 aromatic carbocycles. The summed E-state index contributed by atoms with van der Waals surface area (Å²) in [6, 6.07) is 37.3. The van der Waals surface area contributed by atoms with Crippen LogP contribution in [0.25, 0.3) is 72.4 Å². The zero-order chi connectivity index (χ0) is 93.5. The summed E-state index contributed by atoms with van der Waals surface area (Å²) in [5.41, 5.74) is 23.0. The van der Waals surface area contributed by atoms with Crippen LogP contribution in [0.5, 0.6) is 0 Å². The fraction of sp³-hybridized carbons (Fsp3) is 0.509. The molecular weight excluding hydrogens is 1570 g/mol. The van der Waals surface area contributed by atoms with E-state index in [0.717, 1.165) is 96.4 Å². The minimum atomic E-state index is 0. The number of pyridine rings is 2. The van der Waals surface area contributed by atoms with E-state index in [1.165, 1.54) is 49.7 Å². The maximum absolute atomic E-state index is 5.75. The second-order valence-electron chi connectivity index (χ2n) is 42.5. The van der Waals surface area contributed by atoms with Crippen molar-refractivity contribution in [2.45, 2.75) is 356 Å². The topological polar surface area (TPSA) is 196 Å². The number of benzene rings is 4. The van der Waals surface area contributed by atoms with Crippen molar-refractivity contribution in [3.05, 3.63) is 238 Å². The molecule has 0 saturated heterocycles. The molecule has 19 heteroatoms. The van der Waals surface area contributed by atoms with Crippen LogP contribution in [0.15, 0.2) is 168 Å². The fourth-order valence-electron chi connectivity index (χ4n) is 13.5. The molecule has 0 aliphatic heterocycles. The summed E-state index contributed by atoms with van der Waals surface area (Å²) < 4.78 is 23.8. The highest BCUT2D eigenvalue weighted by Gasteiger charge is 2.24. The van der Waals surface area contributed by atoms with E-state index in [2.05, 4.69) is 451 Å². The van der Waals surface area contributed by atoms with Crippen LogP contribution >= 0.6 is 0 Å². The summed E-state index contributed by atoms with van der Waals surface area (Å²) >= 11 is 0. The maximum atomic E-state index is 5.75. The normalized spacial score (nSPS) is 12.3. The van der Waals surface area contributed by atoms with E-state index in [-0.39, 0.29) is 34.5 Å². The second kappa shape index (κ2) is 41.6. The van der Waals surface area contributed by atoms with E-state index >= 15 is 0 Å². The molecule has 0 N–H and O–H groups in total. The van der Waals surface area contributed by atoms with Crippen molar-refractivity contribution >= 4 is 72.4 Å². The molecule has 0 spiro atoms. The van der Waals surface area contributed by atoms with Gasteiger partial charge in [-0.3, -0.25) is 18.2 Å². The predicted octanol–water partition coefficient (Wildman–Crippen LogP) is 29.9. The maximum Gasteiger partial charge on any atom is 0.247 e. The van der Waals surface area contributed by atoms with E-state index in [1.54, 1.807) is 0 Å². The van der Waals surface area contributed by atoms with Gasteiger partial charge in [0.25, 0.3) is 0 Å². The number of nitrogens with zero attached hydrogens (tertiary/aromatic N) is 17. The van der Waals surface area contributed by atoms with Gasteiger partial charge in [0.15, 0.2) is 17.4 Å². The molecule has 0 aliphatic rings. The molecule has 0 bridgehead atoms. The van der Waals surface area contributed by atoms with Gasteiger partial charge in [0, 0.05) is 120 Å². The van der Waals surface area contributed by atoms with Gasteiger partial charge >= 0.3 is 0 Å². The first-order valence-corrected chi connectivity index (χ1v) is 45.9. The van der Waals surface area contributed by atoms with Gasteiger partial charge in [-0.05, 0) is 186 Å². The molecule has 684 valence electrons. The van der Waals surface area contributed by atoms with Gasteiger partial charge in [0.1, 0.15) is 22.5 Å². The van der Waals surface area contributed by atoms with E-state index in [0.29, 0.717) is 71.1 Å². The third kappa shape index (κ3) is 26.7. The molecule has 12 aromatic heterocycles. The average Bonchev–Trinajstić information content (AvgIpc) is 1.66. The van der Waals surface area contributed by atoms with E-state index < -0.39 is 0 Å². The summed E-state index contributed by atoms with van der Waals surface area (Å²) in [7, 11) is 2.10. The lowest BCUT2D eigenvalue weighted by molar-refractivity contribution is 0.489. The molecule has 0 unspecified atom stereocenters. The third-order valence-corrected chi connectivity index (χ3v) is 22.3. The van der Waals surface area contributed by atoms with Gasteiger partial charge < -0.3 is 17.8 Å². The van der Waals surface area contributed by atoms with Crippen molar-refractivity contribution in [1.82, 2.24) is 82.2 Å². The van der Waals surface area contributed by atoms with Gasteiger partial charge in [0.05, 0.1) is 44.8 Å². The number of oxazole rings is 2. The molecule has 0 fully saturated rings. The SMILES string of the molecule is C.CC(C)c1ccc2c(c1)nc(C(C)C)n2C.CC(C)c1ccc2nn(C(C)C)cc2c1.CC(C)c1cn2ccc(C(C)(C)C)cc2n1.CC(C)c1cn2ccc(C(C)(C)C)nc2n1.CC(C)c1cnc2nc(C(C)C)cn2c1.CC(C)c1nc2ccc(C(C)(C)C)cc2o1.CC(C)c1nc2ccc(C(C)(C)C)nc2o1.CC(C)n1cc2ccc(C(C)(C)C)cc2n1. The van der Waals surface area contributed by atoms with Crippen molar-refractivity contribution in [2.24, 2.45) is 7.05 Å². The molecular formula is C108H155N17O2. The summed E-state index contributed by atoms with van der Waals surface area (Å²) in [5, 5.41) is 11.6. The van der Waals surface area contributed by atoms with Gasteiger partial charge in [-0.2, -0.15) is 10.2 Å². The van der Waals surface area contributed by atoms with Crippen LogP contribution in [0.3, 0.4) is 0 Å². The van der Waals surface area contributed by atoms with Gasteiger partial charge in [0.2, 0.25) is 17.3 Å². The highest BCUT2D eigenvalue weighted by Crippen LogP contribution is 2.33. The van der Waals surface area contributed by atoms with E-state index in [9.17, 15) is 0 Å². The van der Waals surface area contributed by atoms with Crippen LogP contribution in [0.2, 0.25) is 0 Å². The molecule has 16 rings (SSSR count). The third-order valence-electron chi connectivity index (χ3n) is 22.3. The smallest absolute Gasteiger partial charge is 0.247 e. The summed E-state index contributed by atoms with van der Waals surface area (Å²) in [6.45, 7) is 80.3. The number of aryl methyl sites for hydroxylation is 1. The Morgan fingerprint density at radius 1 is 0.315 bits per heavy atom. The van der Waals surface area contributed by atoms with Crippen LogP contribution in [0.4, 0.5) is 0 Å². The first kappa shape index (κ1) is 102. The molecule has 127 heavy (non-hydrogen) atoms. The molecule has 0 radical (unpaired) electrons. The van der Waals surface area contributed by atoms with Gasteiger partial charge in [-0.1, -0.05) is 266 Å². The number of hydrogen-bond donors (Lipinski definition) is 0. The zero-order valence-electron chi connectivity index (χ0n) is 83.8. The Kier molecular flexibility index (Phi) is 33.3. The molecule has 19 nitrogen and oxygen atoms in total. The van der Waals surface area contributed by atoms with Crippen molar-refractivity contribution in [3.8, 4) is 0 Å². The first-order valence-electron chi connectivity index (χ1n) is 45.9. The van der Waals surface area contributed by atoms with Gasteiger partial charge in [-0.15, -0.1) is 0 Å². The standard InChI is InChI=1S/3C14H20N2.C14H19NO.C13H19N3.C13H18N2O.C13H18N2.C12H17N3.CH4/c1-10(2)16-9-11-6-7-12(14(3,4)5)8-13(11)15-16;1-10(2)12-9-16-7-6-11(14(3,4)5)8-13(16)15-12;1-9(2)11-6-7-13-12(8-11)15-14(10(3)4)16(13)5;1-9(2)13-15-11-7-6-10(14(3,4)5)8-12(11)16-13;1-9(2)10-8-16-7-6-11(13(3,4)5)15-12(16)14-10;1-8(2)11-14-9-6-7-10(13(3,4)5)15-12(9)16-11;1-9(2)11-5-6-13-12(7-11)8-15(14-13)10(3)4;1-8(2)10-5-13-12-14-11(9(3)4)7-15(12)6-10;/h3*6-10H,1-5H3;2*6-9H,1-5H3;6-8H,1-5H3;5-10H,1-4H3;5-9H,1-4H3;1H4. The van der Waals surface area contributed by atoms with E-state index in [1.807, 2.05) is 48.8 Å². The molecule has 12 heterocycles.